The molecule has 0 radical (unpaired) electrons. The van der Waals surface area contributed by atoms with Crippen molar-refractivity contribution in [3.63, 3.8) is 0 Å². The molecule has 0 fully saturated rings. The lowest BCUT2D eigenvalue weighted by Crippen LogP contribution is -2.14. The van der Waals surface area contributed by atoms with Gasteiger partial charge in [-0.15, -0.1) is 0 Å². The van der Waals surface area contributed by atoms with Crippen LogP contribution in [0.4, 0.5) is 0 Å². The third kappa shape index (κ3) is 2.47. The number of nitrogens with zero attached hydrogens (tertiary/aromatic N) is 3. The fourth-order valence-electron chi connectivity index (χ4n) is 1.67. The standard InChI is InChI=1S/C13H7Cl2N3OS/c14-10-7-18-12(19)11(15)9(17-13(18)20-10)4-3-8-2-1-5-16-6-8/h1-7H/b4-3+. The molecule has 0 aliphatic rings. The van der Waals surface area contributed by atoms with E-state index < -0.39 is 0 Å². The van der Waals surface area contributed by atoms with Crippen molar-refractivity contribution in [2.45, 2.75) is 0 Å². The van der Waals surface area contributed by atoms with E-state index in [0.29, 0.717) is 15.0 Å². The summed E-state index contributed by atoms with van der Waals surface area (Å²) in [6.07, 6.45) is 8.39. The van der Waals surface area contributed by atoms with Gasteiger partial charge < -0.3 is 0 Å². The molecular weight excluding hydrogens is 317 g/mol. The molecule has 0 bridgehead atoms. The lowest BCUT2D eigenvalue weighted by atomic mass is 10.2. The molecule has 0 aromatic carbocycles. The van der Waals surface area contributed by atoms with Crippen LogP contribution in [0.3, 0.4) is 0 Å². The van der Waals surface area contributed by atoms with Crippen molar-refractivity contribution < 1.29 is 0 Å². The van der Waals surface area contributed by atoms with E-state index in [0.717, 1.165) is 5.56 Å². The second-order valence-electron chi connectivity index (χ2n) is 3.92. The Kier molecular flexibility index (Phi) is 3.56. The zero-order valence-corrected chi connectivity index (χ0v) is 12.3. The summed E-state index contributed by atoms with van der Waals surface area (Å²) in [5.74, 6) is 0. The van der Waals surface area contributed by atoms with Crippen molar-refractivity contribution in [2.75, 3.05) is 0 Å². The summed E-state index contributed by atoms with van der Waals surface area (Å²) in [6.45, 7) is 0. The maximum absolute atomic E-state index is 12.1. The number of rotatable bonds is 2. The molecule has 0 aliphatic heterocycles. The van der Waals surface area contributed by atoms with E-state index in [9.17, 15) is 4.79 Å². The van der Waals surface area contributed by atoms with Gasteiger partial charge in [-0.05, 0) is 17.7 Å². The van der Waals surface area contributed by atoms with Crippen LogP contribution in [-0.2, 0) is 0 Å². The van der Waals surface area contributed by atoms with Crippen molar-refractivity contribution in [3.8, 4) is 0 Å². The van der Waals surface area contributed by atoms with Crippen molar-refractivity contribution in [1.82, 2.24) is 14.4 Å². The van der Waals surface area contributed by atoms with Crippen molar-refractivity contribution in [2.24, 2.45) is 0 Å². The van der Waals surface area contributed by atoms with Gasteiger partial charge in [-0.25, -0.2) is 4.98 Å². The molecule has 0 unspecified atom stereocenters. The highest BCUT2D eigenvalue weighted by molar-refractivity contribution is 7.20. The Morgan fingerprint density at radius 2 is 2.15 bits per heavy atom. The van der Waals surface area contributed by atoms with Crippen molar-refractivity contribution in [1.29, 1.82) is 0 Å². The molecule has 0 spiro atoms. The quantitative estimate of drug-likeness (QED) is 0.723. The van der Waals surface area contributed by atoms with Gasteiger partial charge in [0.05, 0.1) is 5.69 Å². The van der Waals surface area contributed by atoms with Gasteiger partial charge in [-0.3, -0.25) is 14.2 Å². The van der Waals surface area contributed by atoms with E-state index in [1.807, 2.05) is 12.1 Å². The zero-order valence-electron chi connectivity index (χ0n) is 9.96. The first-order valence-corrected chi connectivity index (χ1v) is 7.18. The van der Waals surface area contributed by atoms with Crippen LogP contribution in [-0.4, -0.2) is 14.4 Å². The Labute approximate surface area is 128 Å². The maximum Gasteiger partial charge on any atom is 0.277 e. The molecule has 0 aliphatic carbocycles. The van der Waals surface area contributed by atoms with Gasteiger partial charge in [-0.1, -0.05) is 46.7 Å². The highest BCUT2D eigenvalue weighted by Gasteiger charge is 2.11. The number of aromatic nitrogens is 3. The molecule has 0 atom stereocenters. The largest absolute Gasteiger partial charge is 0.277 e. The number of pyridine rings is 1. The molecule has 3 heterocycles. The Morgan fingerprint density at radius 1 is 1.30 bits per heavy atom. The minimum absolute atomic E-state index is 0.0668. The number of halogens is 2. The zero-order chi connectivity index (χ0) is 14.1. The Hall–Kier alpha value is -1.69. The van der Waals surface area contributed by atoms with Crippen LogP contribution in [0.2, 0.25) is 9.36 Å². The molecule has 4 nitrogen and oxygen atoms in total. The van der Waals surface area contributed by atoms with E-state index >= 15 is 0 Å². The third-order valence-corrected chi connectivity index (χ3v) is 4.05. The Balaban J connectivity index is 2.10. The average Bonchev–Trinajstić information content (AvgIpc) is 2.83. The average molecular weight is 324 g/mol. The molecule has 0 amide bonds. The summed E-state index contributed by atoms with van der Waals surface area (Å²) in [6, 6.07) is 3.72. The van der Waals surface area contributed by atoms with Crippen LogP contribution in [0.25, 0.3) is 17.1 Å². The molecule has 20 heavy (non-hydrogen) atoms. The molecule has 3 rings (SSSR count). The molecular formula is C13H7Cl2N3OS. The first-order valence-electron chi connectivity index (χ1n) is 5.60. The number of hydrogen-bond donors (Lipinski definition) is 0. The molecule has 0 N–H and O–H groups in total. The number of fused-ring (bicyclic) bond motifs is 1. The summed E-state index contributed by atoms with van der Waals surface area (Å²) in [4.78, 5) is 20.9. The van der Waals surface area contributed by atoms with E-state index in [1.165, 1.54) is 21.9 Å². The van der Waals surface area contributed by atoms with Crippen molar-refractivity contribution in [3.05, 3.63) is 61.7 Å². The molecule has 100 valence electrons. The van der Waals surface area contributed by atoms with Gasteiger partial charge in [0.1, 0.15) is 9.36 Å². The SMILES string of the molecule is O=c1c(Cl)c(/C=C/c2cccnc2)nc2sc(Cl)cn12. The number of thiazole rings is 1. The fraction of sp³-hybridized carbons (Fsp3) is 0. The topological polar surface area (TPSA) is 47.3 Å². The molecule has 0 saturated carbocycles. The van der Waals surface area contributed by atoms with Gasteiger partial charge in [0.15, 0.2) is 4.96 Å². The number of hydrogen-bond acceptors (Lipinski definition) is 4. The maximum atomic E-state index is 12.1. The summed E-state index contributed by atoms with van der Waals surface area (Å²) in [5.41, 5.74) is 0.986. The lowest BCUT2D eigenvalue weighted by molar-refractivity contribution is 1.07. The lowest BCUT2D eigenvalue weighted by Gasteiger charge is -1.98. The minimum Gasteiger partial charge on any atom is -0.267 e. The van der Waals surface area contributed by atoms with Crippen LogP contribution in [0, 0.1) is 0 Å². The van der Waals surface area contributed by atoms with Crippen LogP contribution in [0.1, 0.15) is 11.3 Å². The fourth-order valence-corrected chi connectivity index (χ4v) is 2.88. The molecule has 0 saturated heterocycles. The van der Waals surface area contributed by atoms with Crippen LogP contribution < -0.4 is 5.56 Å². The first-order chi connectivity index (χ1) is 9.65. The highest BCUT2D eigenvalue weighted by atomic mass is 35.5. The normalized spacial score (nSPS) is 11.5. The summed E-state index contributed by atoms with van der Waals surface area (Å²) >= 11 is 13.2. The Bertz CT molecular complexity index is 855. The van der Waals surface area contributed by atoms with Gasteiger partial charge in [0, 0.05) is 18.6 Å². The minimum atomic E-state index is -0.328. The Morgan fingerprint density at radius 3 is 2.90 bits per heavy atom. The van der Waals surface area contributed by atoms with E-state index in [-0.39, 0.29) is 10.6 Å². The summed E-state index contributed by atoms with van der Waals surface area (Å²) in [5, 5.41) is 0.0668. The summed E-state index contributed by atoms with van der Waals surface area (Å²) in [7, 11) is 0. The second-order valence-corrected chi connectivity index (χ2v) is 5.94. The smallest absolute Gasteiger partial charge is 0.267 e. The highest BCUT2D eigenvalue weighted by Crippen LogP contribution is 2.22. The van der Waals surface area contributed by atoms with Crippen LogP contribution in [0.5, 0.6) is 0 Å². The van der Waals surface area contributed by atoms with E-state index in [4.69, 9.17) is 23.2 Å². The monoisotopic (exact) mass is 323 g/mol. The molecule has 7 heteroatoms. The third-order valence-electron chi connectivity index (χ3n) is 2.59. The van der Waals surface area contributed by atoms with Gasteiger partial charge >= 0.3 is 0 Å². The van der Waals surface area contributed by atoms with Gasteiger partial charge in [0.25, 0.3) is 5.56 Å². The van der Waals surface area contributed by atoms with Crippen LogP contribution in [0.15, 0.2) is 35.5 Å². The van der Waals surface area contributed by atoms with Gasteiger partial charge in [0.2, 0.25) is 0 Å². The molecule has 3 aromatic heterocycles. The van der Waals surface area contributed by atoms with Crippen LogP contribution >= 0.6 is 34.5 Å². The molecule has 3 aromatic rings. The second kappa shape index (κ2) is 5.36. The van der Waals surface area contributed by atoms with E-state index in [1.54, 1.807) is 24.5 Å². The predicted octanol–water partition coefficient (Wildman–Crippen LogP) is 3.63. The van der Waals surface area contributed by atoms with E-state index in [2.05, 4.69) is 9.97 Å². The van der Waals surface area contributed by atoms with Crippen molar-refractivity contribution >= 4 is 51.7 Å². The summed E-state index contributed by atoms with van der Waals surface area (Å²) < 4.78 is 1.83. The van der Waals surface area contributed by atoms with Gasteiger partial charge in [-0.2, -0.15) is 0 Å². The predicted molar refractivity (Wildman–Crippen MR) is 82.5 cm³/mol. The first kappa shape index (κ1) is 13.3.